The maximum atomic E-state index is 12.1. The van der Waals surface area contributed by atoms with Crippen LogP contribution >= 0.6 is 0 Å². The van der Waals surface area contributed by atoms with Crippen LogP contribution in [-0.2, 0) is 13.0 Å². The van der Waals surface area contributed by atoms with Gasteiger partial charge < -0.3 is 9.67 Å². The second-order valence-electron chi connectivity index (χ2n) is 5.05. The van der Waals surface area contributed by atoms with Crippen LogP contribution in [0.25, 0.3) is 10.9 Å². The molecule has 3 heteroatoms. The molecule has 0 unspecified atom stereocenters. The second-order valence-corrected chi connectivity index (χ2v) is 5.05. The number of phenolic OH excluding ortho intramolecular Hbond substituents is 1. The highest BCUT2D eigenvalue weighted by atomic mass is 16.3. The van der Waals surface area contributed by atoms with Gasteiger partial charge in [0.15, 0.2) is 0 Å². The normalized spacial score (nSPS) is 10.5. The Balaban J connectivity index is 2.72. The minimum atomic E-state index is -0.0368. The summed E-state index contributed by atoms with van der Waals surface area (Å²) in [5.41, 5.74) is 2.78. The summed E-state index contributed by atoms with van der Waals surface area (Å²) in [5, 5.41) is 10.9. The molecule has 1 aromatic heterocycles. The van der Waals surface area contributed by atoms with Crippen LogP contribution in [0.4, 0.5) is 0 Å². The Morgan fingerprint density at radius 2 is 2.05 bits per heavy atom. The third kappa shape index (κ3) is 2.67. The largest absolute Gasteiger partial charge is 0.508 e. The third-order valence-corrected chi connectivity index (χ3v) is 3.29. The molecule has 2 rings (SSSR count). The van der Waals surface area contributed by atoms with Gasteiger partial charge in [0.25, 0.3) is 5.56 Å². The van der Waals surface area contributed by atoms with Gasteiger partial charge in [-0.05, 0) is 38.5 Å². The van der Waals surface area contributed by atoms with Crippen molar-refractivity contribution in [2.75, 3.05) is 0 Å². The first-order chi connectivity index (χ1) is 9.54. The highest BCUT2D eigenvalue weighted by molar-refractivity contribution is 5.85. The summed E-state index contributed by atoms with van der Waals surface area (Å²) in [4.78, 5) is 12.1. The van der Waals surface area contributed by atoms with Gasteiger partial charge in [0.1, 0.15) is 5.75 Å². The van der Waals surface area contributed by atoms with Crippen molar-refractivity contribution in [1.29, 1.82) is 0 Å². The van der Waals surface area contributed by atoms with E-state index >= 15 is 0 Å². The molecular weight excluding hydrogens is 250 g/mol. The van der Waals surface area contributed by atoms with Crippen LogP contribution in [0.1, 0.15) is 19.4 Å². The number of pyridine rings is 1. The number of hydrogen-bond donors (Lipinski definition) is 1. The summed E-state index contributed by atoms with van der Waals surface area (Å²) in [7, 11) is 0. The zero-order chi connectivity index (χ0) is 14.7. The van der Waals surface area contributed by atoms with Crippen LogP contribution in [0, 0.1) is 0 Å². The Morgan fingerprint density at radius 3 is 2.70 bits per heavy atom. The average Bonchev–Trinajstić information content (AvgIpc) is 2.40. The van der Waals surface area contributed by atoms with Crippen LogP contribution in [0.3, 0.4) is 0 Å². The number of aromatic hydroxyl groups is 1. The predicted octanol–water partition coefficient (Wildman–Crippen LogP) is 3.40. The predicted molar refractivity (Wildman–Crippen MR) is 83.2 cm³/mol. The minimum Gasteiger partial charge on any atom is -0.508 e. The van der Waals surface area contributed by atoms with Gasteiger partial charge >= 0.3 is 0 Å². The summed E-state index contributed by atoms with van der Waals surface area (Å²) in [5.74, 6) is 0.241. The SMILES string of the molecule is C=CCc1c(O)ccc2c1ccc(=O)n2CC=C(C)C. The molecule has 0 amide bonds. The fourth-order valence-electron chi connectivity index (χ4n) is 2.25. The number of nitrogens with zero attached hydrogens (tertiary/aromatic N) is 1. The highest BCUT2D eigenvalue weighted by Crippen LogP contribution is 2.27. The zero-order valence-corrected chi connectivity index (χ0v) is 11.9. The lowest BCUT2D eigenvalue weighted by Gasteiger charge is -2.12. The van der Waals surface area contributed by atoms with Crippen LogP contribution in [-0.4, -0.2) is 9.67 Å². The van der Waals surface area contributed by atoms with Gasteiger partial charge in [-0.15, -0.1) is 6.58 Å². The first kappa shape index (κ1) is 14.1. The third-order valence-electron chi connectivity index (χ3n) is 3.29. The van der Waals surface area contributed by atoms with Gasteiger partial charge in [0, 0.05) is 23.6 Å². The fourth-order valence-corrected chi connectivity index (χ4v) is 2.25. The Kier molecular flexibility index (Phi) is 4.08. The summed E-state index contributed by atoms with van der Waals surface area (Å²) >= 11 is 0. The number of rotatable bonds is 4. The van der Waals surface area contributed by atoms with E-state index in [1.807, 2.05) is 19.9 Å². The van der Waals surface area contributed by atoms with Crippen molar-refractivity contribution >= 4 is 10.9 Å². The molecule has 0 atom stereocenters. The molecule has 1 heterocycles. The number of aromatic nitrogens is 1. The summed E-state index contributed by atoms with van der Waals surface area (Å²) in [6.07, 6.45) is 4.34. The van der Waals surface area contributed by atoms with Crippen LogP contribution in [0.2, 0.25) is 0 Å². The Labute approximate surface area is 118 Å². The first-order valence-corrected chi connectivity index (χ1v) is 6.63. The summed E-state index contributed by atoms with van der Waals surface area (Å²) in [6.45, 7) is 8.26. The number of hydrogen-bond acceptors (Lipinski definition) is 2. The molecule has 0 saturated heterocycles. The molecule has 0 aliphatic heterocycles. The fraction of sp³-hybridized carbons (Fsp3) is 0.235. The maximum Gasteiger partial charge on any atom is 0.251 e. The Hall–Kier alpha value is -2.29. The smallest absolute Gasteiger partial charge is 0.251 e. The van der Waals surface area contributed by atoms with Crippen LogP contribution in [0.15, 0.2) is 53.4 Å². The van der Waals surface area contributed by atoms with E-state index in [0.717, 1.165) is 16.5 Å². The molecule has 0 bridgehead atoms. The number of allylic oxidation sites excluding steroid dienone is 3. The Bertz CT molecular complexity index is 734. The lowest BCUT2D eigenvalue weighted by Crippen LogP contribution is -2.19. The van der Waals surface area contributed by atoms with Gasteiger partial charge in [-0.1, -0.05) is 17.7 Å². The van der Waals surface area contributed by atoms with E-state index in [0.29, 0.717) is 13.0 Å². The number of benzene rings is 1. The summed E-state index contributed by atoms with van der Waals surface area (Å²) < 4.78 is 1.72. The molecule has 0 spiro atoms. The van der Waals surface area contributed by atoms with Crippen molar-refractivity contribution in [3.05, 3.63) is 64.5 Å². The van der Waals surface area contributed by atoms with E-state index < -0.39 is 0 Å². The number of phenols is 1. The molecule has 0 fully saturated rings. The first-order valence-electron chi connectivity index (χ1n) is 6.63. The molecule has 3 nitrogen and oxygen atoms in total. The molecule has 20 heavy (non-hydrogen) atoms. The van der Waals surface area contributed by atoms with Gasteiger partial charge in [-0.3, -0.25) is 4.79 Å². The average molecular weight is 269 g/mol. The standard InChI is InChI=1S/C17H19NO2/c1-4-5-14-13-6-9-17(20)18(11-10-12(2)3)15(13)7-8-16(14)19/h4,6-10,19H,1,5,11H2,2-3H3. The van der Waals surface area contributed by atoms with Crippen LogP contribution in [0.5, 0.6) is 5.75 Å². The maximum absolute atomic E-state index is 12.1. The molecule has 2 aromatic rings. The van der Waals surface area contributed by atoms with Crippen molar-refractivity contribution < 1.29 is 5.11 Å². The van der Waals surface area contributed by atoms with E-state index in [4.69, 9.17) is 0 Å². The monoisotopic (exact) mass is 269 g/mol. The van der Waals surface area contributed by atoms with E-state index in [1.165, 1.54) is 5.57 Å². The minimum absolute atomic E-state index is 0.0368. The van der Waals surface area contributed by atoms with E-state index in [-0.39, 0.29) is 11.3 Å². The van der Waals surface area contributed by atoms with Crippen molar-refractivity contribution in [3.63, 3.8) is 0 Å². The highest BCUT2D eigenvalue weighted by Gasteiger charge is 2.09. The molecule has 0 radical (unpaired) electrons. The topological polar surface area (TPSA) is 42.2 Å². The van der Waals surface area contributed by atoms with E-state index in [1.54, 1.807) is 34.9 Å². The molecular formula is C17H19NO2. The Morgan fingerprint density at radius 1 is 1.30 bits per heavy atom. The van der Waals surface area contributed by atoms with Crippen LogP contribution < -0.4 is 5.56 Å². The molecule has 0 aliphatic rings. The van der Waals surface area contributed by atoms with Crippen molar-refractivity contribution in [3.8, 4) is 5.75 Å². The van der Waals surface area contributed by atoms with E-state index in [9.17, 15) is 9.90 Å². The zero-order valence-electron chi connectivity index (χ0n) is 11.9. The van der Waals surface area contributed by atoms with Gasteiger partial charge in [-0.25, -0.2) is 0 Å². The molecule has 0 aliphatic carbocycles. The van der Waals surface area contributed by atoms with Crippen molar-refractivity contribution in [1.82, 2.24) is 4.57 Å². The van der Waals surface area contributed by atoms with Crippen molar-refractivity contribution in [2.24, 2.45) is 0 Å². The van der Waals surface area contributed by atoms with Gasteiger partial charge in [-0.2, -0.15) is 0 Å². The number of fused-ring (bicyclic) bond motifs is 1. The van der Waals surface area contributed by atoms with Crippen molar-refractivity contribution in [2.45, 2.75) is 26.8 Å². The lowest BCUT2D eigenvalue weighted by molar-refractivity contribution is 0.471. The summed E-state index contributed by atoms with van der Waals surface area (Å²) in [6, 6.07) is 6.75. The quantitative estimate of drug-likeness (QED) is 0.864. The molecule has 0 saturated carbocycles. The van der Waals surface area contributed by atoms with E-state index in [2.05, 4.69) is 6.58 Å². The molecule has 1 N–H and O–H groups in total. The van der Waals surface area contributed by atoms with Gasteiger partial charge in [0.05, 0.1) is 5.52 Å². The molecule has 1 aromatic carbocycles. The second kappa shape index (κ2) is 5.78. The molecule has 104 valence electrons. The van der Waals surface area contributed by atoms with Gasteiger partial charge in [0.2, 0.25) is 0 Å². The lowest BCUT2D eigenvalue weighted by atomic mass is 10.0.